The van der Waals surface area contributed by atoms with Gasteiger partial charge in [0.1, 0.15) is 0 Å². The molecule has 1 aromatic rings. The van der Waals surface area contributed by atoms with Crippen LogP contribution in [0.25, 0.3) is 0 Å². The summed E-state index contributed by atoms with van der Waals surface area (Å²) in [5.74, 6) is 0.107. The van der Waals surface area contributed by atoms with Crippen LogP contribution < -0.4 is 8.43 Å². The van der Waals surface area contributed by atoms with E-state index in [2.05, 4.69) is 28.2 Å². The van der Waals surface area contributed by atoms with E-state index in [1.54, 1.807) is 3.11 Å². The number of para-hydroxylation sites is 1. The first kappa shape index (κ1) is 13.4. The lowest BCUT2D eigenvalue weighted by Gasteiger charge is -2.16. The Morgan fingerprint density at radius 3 is 2.69 bits per heavy atom. The van der Waals surface area contributed by atoms with Gasteiger partial charge in [-0.1, -0.05) is 32.0 Å². The maximum atomic E-state index is 11.8. The fraction of sp³-hybridized carbons (Fsp3) is 0.417. The second-order valence-electron chi connectivity index (χ2n) is 3.35. The van der Waals surface area contributed by atoms with Gasteiger partial charge in [-0.15, -0.1) is 0 Å². The van der Waals surface area contributed by atoms with E-state index >= 15 is 0 Å². The Labute approximate surface area is 111 Å². The molecule has 0 aromatic heterocycles. The zero-order chi connectivity index (χ0) is 12.1. The molecule has 0 bridgehead atoms. The molecule has 0 radical (unpaired) electrons. The number of carbonyl (C=O) groups excluding carboxylic acids is 1. The van der Waals surface area contributed by atoms with Crippen molar-refractivity contribution in [3.05, 3.63) is 29.8 Å². The van der Waals surface area contributed by atoms with Gasteiger partial charge >= 0.3 is 0 Å². The summed E-state index contributed by atoms with van der Waals surface area (Å²) in [6.45, 7) is 6.64. The standard InChI is InChI=1S/C10H11IN2O.C2H6/c1-7-10(14)13(11)9-5-3-2-4-8(9)6-12-7;1-2/h2-5,7,12H,6H2,1H3;1-2H3. The molecule has 1 aliphatic rings. The van der Waals surface area contributed by atoms with Gasteiger partial charge in [-0.05, 0) is 18.6 Å². The van der Waals surface area contributed by atoms with Gasteiger partial charge in [-0.2, -0.15) is 0 Å². The summed E-state index contributed by atoms with van der Waals surface area (Å²) in [7, 11) is 0. The van der Waals surface area contributed by atoms with E-state index < -0.39 is 0 Å². The Bertz CT molecular complexity index is 368. The fourth-order valence-electron chi connectivity index (χ4n) is 1.49. The van der Waals surface area contributed by atoms with E-state index in [0.717, 1.165) is 12.2 Å². The van der Waals surface area contributed by atoms with Gasteiger partial charge in [0.15, 0.2) is 0 Å². The van der Waals surface area contributed by atoms with Crippen LogP contribution in [-0.4, -0.2) is 11.9 Å². The number of halogens is 1. The predicted octanol–water partition coefficient (Wildman–Crippen LogP) is 2.89. The number of anilines is 1. The van der Waals surface area contributed by atoms with Crippen LogP contribution in [-0.2, 0) is 11.3 Å². The average Bonchev–Trinajstić information content (AvgIpc) is 2.46. The van der Waals surface area contributed by atoms with Crippen LogP contribution in [0.15, 0.2) is 24.3 Å². The number of hydrogen-bond donors (Lipinski definition) is 1. The summed E-state index contributed by atoms with van der Waals surface area (Å²) in [6, 6.07) is 7.84. The molecule has 4 heteroatoms. The van der Waals surface area contributed by atoms with Crippen LogP contribution in [0.4, 0.5) is 5.69 Å². The number of nitrogens with one attached hydrogen (secondary N) is 1. The molecule has 0 aliphatic carbocycles. The molecule has 1 atom stereocenters. The normalized spacial score (nSPS) is 19.4. The molecule has 0 spiro atoms. The number of amides is 1. The lowest BCUT2D eigenvalue weighted by Crippen LogP contribution is -2.37. The lowest BCUT2D eigenvalue weighted by molar-refractivity contribution is -0.118. The third-order valence-electron chi connectivity index (χ3n) is 2.37. The van der Waals surface area contributed by atoms with Gasteiger partial charge < -0.3 is 5.32 Å². The summed E-state index contributed by atoms with van der Waals surface area (Å²) < 4.78 is 1.69. The molecule has 16 heavy (non-hydrogen) atoms. The second-order valence-corrected chi connectivity index (χ2v) is 4.32. The fourth-order valence-corrected chi connectivity index (χ4v) is 2.38. The molecular formula is C12H17IN2O. The predicted molar refractivity (Wildman–Crippen MR) is 75.6 cm³/mol. The highest BCUT2D eigenvalue weighted by molar-refractivity contribution is 14.1. The molecule has 1 aliphatic heterocycles. The largest absolute Gasteiger partial charge is 0.302 e. The number of hydrogen-bond acceptors (Lipinski definition) is 2. The Kier molecular flexibility index (Phi) is 5.21. The molecule has 1 N–H and O–H groups in total. The smallest absolute Gasteiger partial charge is 0.252 e. The molecule has 2 rings (SSSR count). The summed E-state index contributed by atoms with van der Waals surface area (Å²) >= 11 is 2.06. The highest BCUT2D eigenvalue weighted by Gasteiger charge is 2.24. The van der Waals surface area contributed by atoms with Crippen LogP contribution in [0.5, 0.6) is 0 Å². The third-order valence-corrected chi connectivity index (χ3v) is 3.36. The number of fused-ring (bicyclic) bond motifs is 1. The first-order chi connectivity index (χ1) is 7.70. The van der Waals surface area contributed by atoms with Gasteiger partial charge in [0.2, 0.25) is 0 Å². The zero-order valence-electron chi connectivity index (χ0n) is 9.83. The number of benzene rings is 1. The SMILES string of the molecule is CC.CC1NCc2ccccc2N(I)C1=O. The number of nitrogens with zero attached hydrogens (tertiary/aromatic N) is 1. The summed E-state index contributed by atoms with van der Waals surface area (Å²) in [6.07, 6.45) is 0. The number of rotatable bonds is 0. The van der Waals surface area contributed by atoms with Gasteiger partial charge in [-0.3, -0.25) is 7.91 Å². The van der Waals surface area contributed by atoms with E-state index in [4.69, 9.17) is 0 Å². The van der Waals surface area contributed by atoms with Crippen molar-refractivity contribution in [3.8, 4) is 0 Å². The molecule has 1 aromatic carbocycles. The topological polar surface area (TPSA) is 32.3 Å². The molecule has 3 nitrogen and oxygen atoms in total. The first-order valence-corrected chi connectivity index (χ1v) is 6.47. The van der Waals surface area contributed by atoms with Crippen molar-refractivity contribution in [1.29, 1.82) is 0 Å². The quantitative estimate of drug-likeness (QED) is 0.585. The molecule has 1 amide bonds. The van der Waals surface area contributed by atoms with Gasteiger partial charge in [0.05, 0.1) is 34.6 Å². The van der Waals surface area contributed by atoms with Crippen LogP contribution >= 0.6 is 22.9 Å². The third kappa shape index (κ3) is 2.74. The van der Waals surface area contributed by atoms with E-state index in [1.807, 2.05) is 45.0 Å². The van der Waals surface area contributed by atoms with Crippen molar-refractivity contribution in [2.45, 2.75) is 33.4 Å². The monoisotopic (exact) mass is 332 g/mol. The van der Waals surface area contributed by atoms with Crippen LogP contribution in [0, 0.1) is 0 Å². The summed E-state index contributed by atoms with van der Waals surface area (Å²) in [5, 5.41) is 3.18. The minimum absolute atomic E-state index is 0.107. The Balaban J connectivity index is 0.000000606. The molecule has 88 valence electrons. The van der Waals surface area contributed by atoms with E-state index in [0.29, 0.717) is 0 Å². The summed E-state index contributed by atoms with van der Waals surface area (Å²) in [5.41, 5.74) is 2.16. The van der Waals surface area contributed by atoms with Crippen molar-refractivity contribution in [1.82, 2.24) is 5.32 Å². The Morgan fingerprint density at radius 2 is 2.00 bits per heavy atom. The highest BCUT2D eigenvalue weighted by atomic mass is 127. The summed E-state index contributed by atoms with van der Waals surface area (Å²) in [4.78, 5) is 11.8. The zero-order valence-corrected chi connectivity index (χ0v) is 12.0. The van der Waals surface area contributed by atoms with Crippen molar-refractivity contribution in [3.63, 3.8) is 0 Å². The average molecular weight is 332 g/mol. The molecule has 1 heterocycles. The highest BCUT2D eigenvalue weighted by Crippen LogP contribution is 2.26. The van der Waals surface area contributed by atoms with Crippen molar-refractivity contribution in [2.75, 3.05) is 3.11 Å². The molecule has 1 unspecified atom stereocenters. The maximum absolute atomic E-state index is 11.8. The van der Waals surface area contributed by atoms with Gasteiger partial charge in [0, 0.05) is 6.54 Å². The van der Waals surface area contributed by atoms with Crippen molar-refractivity contribution < 1.29 is 4.79 Å². The molecule has 0 saturated heterocycles. The van der Waals surface area contributed by atoms with Crippen LogP contribution in [0.3, 0.4) is 0 Å². The second kappa shape index (κ2) is 6.20. The van der Waals surface area contributed by atoms with E-state index in [9.17, 15) is 4.79 Å². The molecular weight excluding hydrogens is 315 g/mol. The Morgan fingerprint density at radius 1 is 1.38 bits per heavy atom. The molecule has 0 saturated carbocycles. The molecule has 0 fully saturated rings. The number of carbonyl (C=O) groups is 1. The van der Waals surface area contributed by atoms with Crippen molar-refractivity contribution in [2.24, 2.45) is 0 Å². The van der Waals surface area contributed by atoms with Crippen LogP contribution in [0.1, 0.15) is 26.3 Å². The van der Waals surface area contributed by atoms with Crippen molar-refractivity contribution >= 4 is 34.5 Å². The van der Waals surface area contributed by atoms with Gasteiger partial charge in [0.25, 0.3) is 5.91 Å². The van der Waals surface area contributed by atoms with Gasteiger partial charge in [-0.25, -0.2) is 0 Å². The Hall–Kier alpha value is -0.620. The lowest BCUT2D eigenvalue weighted by atomic mass is 10.2. The first-order valence-electron chi connectivity index (χ1n) is 5.51. The van der Waals surface area contributed by atoms with E-state index in [-0.39, 0.29) is 11.9 Å². The maximum Gasteiger partial charge on any atom is 0.252 e. The minimum atomic E-state index is -0.112. The van der Waals surface area contributed by atoms with Crippen LogP contribution in [0.2, 0.25) is 0 Å². The van der Waals surface area contributed by atoms with E-state index in [1.165, 1.54) is 5.56 Å². The minimum Gasteiger partial charge on any atom is -0.302 e.